The molecule has 2 aromatic rings. The van der Waals surface area contributed by atoms with Gasteiger partial charge in [-0.2, -0.15) is 5.10 Å². The molecule has 0 saturated heterocycles. The maximum atomic E-state index is 4.70. The normalized spacial score (nSPS) is 16.7. The van der Waals surface area contributed by atoms with Crippen LogP contribution in [0, 0.1) is 6.92 Å². The van der Waals surface area contributed by atoms with E-state index >= 15 is 0 Å². The molecule has 2 aromatic heterocycles. The molecule has 3 heterocycles. The highest BCUT2D eigenvalue weighted by Crippen LogP contribution is 2.22. The Bertz CT molecular complexity index is 721. The zero-order valence-electron chi connectivity index (χ0n) is 15.6. The standard InChI is InChI=1S/C16H27N9.HI/c1-4-14-22-19-11-24(14)10-8-18-16(17-5-2)21-13-7-6-9-25-15(13)20-12(3)23-25;/h11,13H,4-10H2,1-3H3,(H2,17,18,21);1H. The van der Waals surface area contributed by atoms with Crippen LogP contribution in [0.25, 0.3) is 0 Å². The highest BCUT2D eigenvalue weighted by Gasteiger charge is 2.24. The summed E-state index contributed by atoms with van der Waals surface area (Å²) in [6, 6.07) is 0.147. The third-order valence-electron chi connectivity index (χ3n) is 4.26. The first-order chi connectivity index (χ1) is 12.2. The fraction of sp³-hybridized carbons (Fsp3) is 0.688. The number of aliphatic imine (C=N–C) groups is 1. The quantitative estimate of drug-likeness (QED) is 0.375. The van der Waals surface area contributed by atoms with E-state index in [1.165, 1.54) is 0 Å². The van der Waals surface area contributed by atoms with Gasteiger partial charge in [0.15, 0.2) is 5.96 Å². The van der Waals surface area contributed by atoms with Crippen LogP contribution in [0.15, 0.2) is 11.3 Å². The Morgan fingerprint density at radius 2 is 2.23 bits per heavy atom. The summed E-state index contributed by atoms with van der Waals surface area (Å²) < 4.78 is 4.05. The van der Waals surface area contributed by atoms with Crippen LogP contribution in [0.1, 0.15) is 50.2 Å². The van der Waals surface area contributed by atoms with Crippen LogP contribution in [0.4, 0.5) is 0 Å². The Kier molecular flexibility index (Phi) is 7.79. The number of halogens is 1. The van der Waals surface area contributed by atoms with E-state index in [1.54, 1.807) is 6.33 Å². The lowest BCUT2D eigenvalue weighted by Crippen LogP contribution is -2.41. The highest BCUT2D eigenvalue weighted by molar-refractivity contribution is 14.0. The summed E-state index contributed by atoms with van der Waals surface area (Å²) in [6.45, 7) is 9.28. The maximum Gasteiger partial charge on any atom is 0.191 e. The Morgan fingerprint density at radius 3 is 3.00 bits per heavy atom. The fourth-order valence-electron chi connectivity index (χ4n) is 3.10. The van der Waals surface area contributed by atoms with Crippen LogP contribution in [-0.4, -0.2) is 48.6 Å². The van der Waals surface area contributed by atoms with Crippen molar-refractivity contribution in [1.29, 1.82) is 0 Å². The summed E-state index contributed by atoms with van der Waals surface area (Å²) in [6.07, 6.45) is 4.77. The number of hydrogen-bond donors (Lipinski definition) is 2. The van der Waals surface area contributed by atoms with Crippen LogP contribution in [0.5, 0.6) is 0 Å². The van der Waals surface area contributed by atoms with Crippen molar-refractivity contribution in [2.24, 2.45) is 4.99 Å². The molecule has 1 aliphatic rings. The molecule has 0 bridgehead atoms. The number of aromatic nitrogens is 6. The minimum atomic E-state index is 0. The first kappa shape index (κ1) is 20.6. The molecule has 0 amide bonds. The van der Waals surface area contributed by atoms with E-state index in [4.69, 9.17) is 4.99 Å². The minimum Gasteiger partial charge on any atom is -0.357 e. The van der Waals surface area contributed by atoms with Gasteiger partial charge < -0.3 is 15.2 Å². The van der Waals surface area contributed by atoms with Crippen molar-refractivity contribution in [3.8, 4) is 0 Å². The number of rotatable bonds is 6. The van der Waals surface area contributed by atoms with Crippen molar-refractivity contribution in [3.63, 3.8) is 0 Å². The van der Waals surface area contributed by atoms with E-state index in [-0.39, 0.29) is 30.0 Å². The van der Waals surface area contributed by atoms with Crippen LogP contribution in [0.3, 0.4) is 0 Å². The van der Waals surface area contributed by atoms with E-state index in [0.29, 0.717) is 6.54 Å². The Balaban J connectivity index is 0.00000243. The van der Waals surface area contributed by atoms with Gasteiger partial charge in [-0.05, 0) is 26.7 Å². The Morgan fingerprint density at radius 1 is 1.38 bits per heavy atom. The second-order valence-corrected chi connectivity index (χ2v) is 6.13. The first-order valence-corrected chi connectivity index (χ1v) is 9.04. The third-order valence-corrected chi connectivity index (χ3v) is 4.26. The molecule has 10 heteroatoms. The average molecular weight is 473 g/mol. The molecule has 26 heavy (non-hydrogen) atoms. The molecule has 0 aromatic carbocycles. The zero-order valence-corrected chi connectivity index (χ0v) is 18.0. The van der Waals surface area contributed by atoms with E-state index in [1.807, 2.05) is 16.2 Å². The van der Waals surface area contributed by atoms with Crippen LogP contribution in [0.2, 0.25) is 0 Å². The van der Waals surface area contributed by atoms with Gasteiger partial charge in [0.2, 0.25) is 0 Å². The zero-order chi connectivity index (χ0) is 17.6. The summed E-state index contributed by atoms with van der Waals surface area (Å²) in [7, 11) is 0. The molecule has 1 unspecified atom stereocenters. The van der Waals surface area contributed by atoms with Crippen LogP contribution >= 0.6 is 24.0 Å². The molecule has 144 valence electrons. The largest absolute Gasteiger partial charge is 0.357 e. The van der Waals surface area contributed by atoms with Gasteiger partial charge in [0, 0.05) is 26.1 Å². The number of guanidine groups is 1. The van der Waals surface area contributed by atoms with Crippen molar-refractivity contribution in [2.75, 3.05) is 13.1 Å². The molecule has 3 rings (SSSR count). The monoisotopic (exact) mass is 473 g/mol. The van der Waals surface area contributed by atoms with E-state index in [0.717, 1.165) is 62.3 Å². The maximum absolute atomic E-state index is 4.70. The minimum absolute atomic E-state index is 0. The fourth-order valence-corrected chi connectivity index (χ4v) is 3.10. The molecular weight excluding hydrogens is 445 g/mol. The Hall–Kier alpha value is -1.72. The van der Waals surface area contributed by atoms with Gasteiger partial charge in [-0.3, -0.25) is 4.99 Å². The molecule has 0 radical (unpaired) electrons. The number of nitrogens with zero attached hydrogens (tertiary/aromatic N) is 7. The predicted molar refractivity (Wildman–Crippen MR) is 111 cm³/mol. The van der Waals surface area contributed by atoms with E-state index in [2.05, 4.69) is 44.8 Å². The van der Waals surface area contributed by atoms with Gasteiger partial charge in [0.1, 0.15) is 23.8 Å². The number of nitrogens with one attached hydrogen (secondary N) is 2. The lowest BCUT2D eigenvalue weighted by atomic mass is 10.1. The van der Waals surface area contributed by atoms with Crippen molar-refractivity contribution in [3.05, 3.63) is 23.8 Å². The SMILES string of the molecule is CCNC(=NCCn1cnnc1CC)NC1CCCn2nc(C)nc21.I. The van der Waals surface area contributed by atoms with Crippen molar-refractivity contribution in [1.82, 2.24) is 40.2 Å². The van der Waals surface area contributed by atoms with Crippen molar-refractivity contribution >= 4 is 29.9 Å². The van der Waals surface area contributed by atoms with Crippen LogP contribution in [-0.2, 0) is 19.5 Å². The number of hydrogen-bond acceptors (Lipinski definition) is 5. The lowest BCUT2D eigenvalue weighted by Gasteiger charge is -2.25. The van der Waals surface area contributed by atoms with Crippen molar-refractivity contribution in [2.45, 2.75) is 59.2 Å². The van der Waals surface area contributed by atoms with Gasteiger partial charge in [-0.15, -0.1) is 34.2 Å². The van der Waals surface area contributed by atoms with Gasteiger partial charge >= 0.3 is 0 Å². The number of fused-ring (bicyclic) bond motifs is 1. The number of aryl methyl sites for hydroxylation is 3. The van der Waals surface area contributed by atoms with Gasteiger partial charge in [0.05, 0.1) is 12.6 Å². The summed E-state index contributed by atoms with van der Waals surface area (Å²) >= 11 is 0. The summed E-state index contributed by atoms with van der Waals surface area (Å²) in [5.74, 6) is 3.63. The summed E-state index contributed by atoms with van der Waals surface area (Å²) in [4.78, 5) is 9.27. The molecule has 1 aliphatic heterocycles. The molecule has 2 N–H and O–H groups in total. The Labute approximate surface area is 171 Å². The van der Waals surface area contributed by atoms with E-state index < -0.39 is 0 Å². The van der Waals surface area contributed by atoms with Crippen LogP contribution < -0.4 is 10.6 Å². The highest BCUT2D eigenvalue weighted by atomic mass is 127. The molecule has 0 saturated carbocycles. The summed E-state index contributed by atoms with van der Waals surface area (Å²) in [5.41, 5.74) is 0. The predicted octanol–water partition coefficient (Wildman–Crippen LogP) is 1.45. The first-order valence-electron chi connectivity index (χ1n) is 9.04. The topological polar surface area (TPSA) is 97.8 Å². The average Bonchev–Trinajstić information content (AvgIpc) is 3.20. The van der Waals surface area contributed by atoms with Crippen molar-refractivity contribution < 1.29 is 0 Å². The van der Waals surface area contributed by atoms with Gasteiger partial charge in [0.25, 0.3) is 0 Å². The molecule has 9 nitrogen and oxygen atoms in total. The molecule has 1 atom stereocenters. The molecule has 0 spiro atoms. The van der Waals surface area contributed by atoms with Gasteiger partial charge in [-0.1, -0.05) is 6.92 Å². The summed E-state index contributed by atoms with van der Waals surface area (Å²) in [5, 5.41) is 19.4. The lowest BCUT2D eigenvalue weighted by molar-refractivity contribution is 0.397. The second-order valence-electron chi connectivity index (χ2n) is 6.13. The molecule has 0 aliphatic carbocycles. The molecular formula is C16H28IN9. The van der Waals surface area contributed by atoms with E-state index in [9.17, 15) is 0 Å². The smallest absolute Gasteiger partial charge is 0.191 e. The van der Waals surface area contributed by atoms with Gasteiger partial charge in [-0.25, -0.2) is 9.67 Å². The molecule has 0 fully saturated rings. The second kappa shape index (κ2) is 9.83. The third kappa shape index (κ3) is 4.92.